The molecule has 112 valence electrons. The maximum atomic E-state index is 12.2. The Kier molecular flexibility index (Phi) is 6.22. The number of rotatable bonds is 6. The number of amides is 1. The van der Waals surface area contributed by atoms with Crippen LogP contribution in [0.5, 0.6) is 0 Å². The average Bonchev–Trinajstić information content (AvgIpc) is 2.28. The van der Waals surface area contributed by atoms with Crippen molar-refractivity contribution < 1.29 is 17.9 Å². The molecular weight excluding hydrogens is 268 g/mol. The summed E-state index contributed by atoms with van der Waals surface area (Å²) in [7, 11) is -1.40. The van der Waals surface area contributed by atoms with E-state index in [2.05, 4.69) is 5.32 Å². The Morgan fingerprint density at radius 3 is 2.74 bits per heavy atom. The number of likely N-dealkylation sites (N-methyl/N-ethyl adjacent to an activating group) is 1. The zero-order chi connectivity index (χ0) is 14.5. The first kappa shape index (κ1) is 16.4. The summed E-state index contributed by atoms with van der Waals surface area (Å²) < 4.78 is 28.1. The Morgan fingerprint density at radius 1 is 1.53 bits per heavy atom. The number of nitrogens with zero attached hydrogens (tertiary/aromatic N) is 1. The first-order valence-corrected chi connectivity index (χ1v) is 8.44. The fraction of sp³-hybridized carbons (Fsp3) is 0.917. The molecule has 1 heterocycles. The third-order valence-corrected chi connectivity index (χ3v) is 5.06. The minimum Gasteiger partial charge on any atom is -0.383 e. The summed E-state index contributed by atoms with van der Waals surface area (Å²) in [6.07, 6.45) is 0.223. The first-order chi connectivity index (χ1) is 8.89. The van der Waals surface area contributed by atoms with Crippen molar-refractivity contribution in [1.82, 2.24) is 10.2 Å². The summed E-state index contributed by atoms with van der Waals surface area (Å²) in [6.45, 7) is 5.35. The lowest BCUT2D eigenvalue weighted by atomic mass is 10.2. The molecule has 1 rings (SSSR count). The highest BCUT2D eigenvalue weighted by atomic mass is 32.2. The van der Waals surface area contributed by atoms with Gasteiger partial charge in [0.2, 0.25) is 5.91 Å². The second-order valence-corrected chi connectivity index (χ2v) is 7.18. The van der Waals surface area contributed by atoms with Crippen LogP contribution in [0.3, 0.4) is 0 Å². The van der Waals surface area contributed by atoms with E-state index < -0.39 is 9.84 Å². The second kappa shape index (κ2) is 7.21. The van der Waals surface area contributed by atoms with Gasteiger partial charge in [-0.25, -0.2) is 8.42 Å². The minimum absolute atomic E-state index is 0.00250. The molecule has 1 N–H and O–H groups in total. The highest BCUT2D eigenvalue weighted by Crippen LogP contribution is 2.09. The van der Waals surface area contributed by atoms with E-state index in [9.17, 15) is 13.2 Å². The van der Waals surface area contributed by atoms with Gasteiger partial charge < -0.3 is 15.0 Å². The molecule has 2 unspecified atom stereocenters. The molecule has 0 bridgehead atoms. The van der Waals surface area contributed by atoms with E-state index in [1.165, 1.54) is 0 Å². The van der Waals surface area contributed by atoms with Crippen LogP contribution in [-0.4, -0.2) is 69.6 Å². The van der Waals surface area contributed by atoms with Crippen molar-refractivity contribution in [1.29, 1.82) is 0 Å². The topological polar surface area (TPSA) is 75.7 Å². The number of hydrogen-bond acceptors (Lipinski definition) is 5. The molecule has 6 nitrogen and oxygen atoms in total. The molecule has 0 aromatic heterocycles. The lowest BCUT2D eigenvalue weighted by Gasteiger charge is -2.30. The summed E-state index contributed by atoms with van der Waals surface area (Å²) in [6, 6.07) is -0.266. The summed E-state index contributed by atoms with van der Waals surface area (Å²) in [5.41, 5.74) is 0. The quantitative estimate of drug-likeness (QED) is 0.724. The van der Waals surface area contributed by atoms with Gasteiger partial charge in [-0.3, -0.25) is 4.79 Å². The predicted molar refractivity (Wildman–Crippen MR) is 73.8 cm³/mol. The Balaban J connectivity index is 2.57. The summed E-state index contributed by atoms with van der Waals surface area (Å²) in [4.78, 5) is 13.9. The van der Waals surface area contributed by atoms with E-state index in [4.69, 9.17) is 4.74 Å². The Morgan fingerprint density at radius 2 is 2.21 bits per heavy atom. The SMILES string of the molecule is CCN(C(=O)CC1CS(=O)(=O)CCN1)C(C)COC. The van der Waals surface area contributed by atoms with Crippen LogP contribution in [-0.2, 0) is 19.4 Å². The molecule has 1 aliphatic heterocycles. The molecule has 0 aromatic rings. The van der Waals surface area contributed by atoms with Crippen molar-refractivity contribution in [2.24, 2.45) is 0 Å². The molecule has 1 amide bonds. The molecule has 0 aliphatic carbocycles. The van der Waals surface area contributed by atoms with Crippen LogP contribution in [0.4, 0.5) is 0 Å². The Hall–Kier alpha value is -0.660. The summed E-state index contributed by atoms with van der Waals surface area (Å²) >= 11 is 0. The van der Waals surface area contributed by atoms with Gasteiger partial charge in [-0.15, -0.1) is 0 Å². The lowest BCUT2D eigenvalue weighted by molar-refractivity contribution is -0.134. The van der Waals surface area contributed by atoms with Gasteiger partial charge in [0, 0.05) is 32.7 Å². The van der Waals surface area contributed by atoms with Crippen molar-refractivity contribution in [2.75, 3.05) is 38.3 Å². The fourth-order valence-electron chi connectivity index (χ4n) is 2.39. The van der Waals surface area contributed by atoms with Crippen LogP contribution in [0.15, 0.2) is 0 Å². The molecule has 0 spiro atoms. The average molecular weight is 292 g/mol. The standard InChI is InChI=1S/C12H24N2O4S/c1-4-14(10(2)8-18-3)12(15)7-11-9-19(16,17)6-5-13-11/h10-11,13H,4-9H2,1-3H3. The van der Waals surface area contributed by atoms with Crippen molar-refractivity contribution in [3.05, 3.63) is 0 Å². The van der Waals surface area contributed by atoms with E-state index in [1.807, 2.05) is 13.8 Å². The van der Waals surface area contributed by atoms with Gasteiger partial charge in [-0.1, -0.05) is 0 Å². The van der Waals surface area contributed by atoms with Gasteiger partial charge in [-0.05, 0) is 13.8 Å². The van der Waals surface area contributed by atoms with E-state index in [-0.39, 0.29) is 35.9 Å². The van der Waals surface area contributed by atoms with Crippen LogP contribution < -0.4 is 5.32 Å². The van der Waals surface area contributed by atoms with Gasteiger partial charge in [-0.2, -0.15) is 0 Å². The van der Waals surface area contributed by atoms with Crippen LogP contribution in [0, 0.1) is 0 Å². The summed E-state index contributed by atoms with van der Waals surface area (Å²) in [5.74, 6) is 0.186. The third kappa shape index (κ3) is 5.08. The van der Waals surface area contributed by atoms with Gasteiger partial charge >= 0.3 is 0 Å². The first-order valence-electron chi connectivity index (χ1n) is 6.61. The zero-order valence-electron chi connectivity index (χ0n) is 11.9. The number of ether oxygens (including phenoxy) is 1. The van der Waals surface area contributed by atoms with Crippen LogP contribution >= 0.6 is 0 Å². The van der Waals surface area contributed by atoms with E-state index >= 15 is 0 Å². The van der Waals surface area contributed by atoms with E-state index in [0.29, 0.717) is 19.7 Å². The normalized spacial score (nSPS) is 23.8. The molecule has 0 radical (unpaired) electrons. The molecule has 0 aromatic carbocycles. The monoisotopic (exact) mass is 292 g/mol. The summed E-state index contributed by atoms with van der Waals surface area (Å²) in [5, 5.41) is 3.10. The largest absolute Gasteiger partial charge is 0.383 e. The van der Waals surface area contributed by atoms with Gasteiger partial charge in [0.1, 0.15) is 0 Å². The minimum atomic E-state index is -3.00. The van der Waals surface area contributed by atoms with Crippen LogP contribution in [0.2, 0.25) is 0 Å². The van der Waals surface area contributed by atoms with Crippen molar-refractivity contribution in [3.63, 3.8) is 0 Å². The lowest BCUT2D eigenvalue weighted by Crippen LogP contribution is -2.49. The second-order valence-electron chi connectivity index (χ2n) is 4.95. The number of sulfone groups is 1. The van der Waals surface area contributed by atoms with E-state index in [1.54, 1.807) is 12.0 Å². The maximum Gasteiger partial charge on any atom is 0.224 e. The smallest absolute Gasteiger partial charge is 0.224 e. The molecule has 2 atom stereocenters. The van der Waals surface area contributed by atoms with Gasteiger partial charge in [0.25, 0.3) is 0 Å². The van der Waals surface area contributed by atoms with Crippen LogP contribution in [0.1, 0.15) is 20.3 Å². The number of carbonyl (C=O) groups excluding carboxylic acids is 1. The third-order valence-electron chi connectivity index (χ3n) is 3.32. The van der Waals surface area contributed by atoms with Crippen LogP contribution in [0.25, 0.3) is 0 Å². The molecule has 1 saturated heterocycles. The number of hydrogen-bond donors (Lipinski definition) is 1. The van der Waals surface area contributed by atoms with E-state index in [0.717, 1.165) is 0 Å². The molecular formula is C12H24N2O4S. The zero-order valence-corrected chi connectivity index (χ0v) is 12.7. The molecule has 19 heavy (non-hydrogen) atoms. The Labute approximate surface area is 115 Å². The van der Waals surface area contributed by atoms with Crippen molar-refractivity contribution in [2.45, 2.75) is 32.4 Å². The molecule has 1 fully saturated rings. The maximum absolute atomic E-state index is 12.2. The molecule has 0 saturated carbocycles. The molecule has 7 heteroatoms. The predicted octanol–water partition coefficient (Wildman–Crippen LogP) is -0.353. The molecule has 1 aliphatic rings. The number of carbonyl (C=O) groups is 1. The number of methoxy groups -OCH3 is 1. The highest BCUT2D eigenvalue weighted by molar-refractivity contribution is 7.91. The highest BCUT2D eigenvalue weighted by Gasteiger charge is 2.28. The van der Waals surface area contributed by atoms with Crippen molar-refractivity contribution >= 4 is 15.7 Å². The van der Waals surface area contributed by atoms with Gasteiger partial charge in [0.15, 0.2) is 9.84 Å². The van der Waals surface area contributed by atoms with Crippen molar-refractivity contribution in [3.8, 4) is 0 Å². The number of nitrogens with one attached hydrogen (secondary N) is 1. The fourth-order valence-corrected chi connectivity index (χ4v) is 3.84. The Bertz CT molecular complexity index is 397. The van der Waals surface area contributed by atoms with Gasteiger partial charge in [0.05, 0.1) is 24.2 Å².